The lowest BCUT2D eigenvalue weighted by molar-refractivity contribution is 0.213. The second-order valence-corrected chi connectivity index (χ2v) is 4.83. The Kier molecular flexibility index (Phi) is 3.48. The van der Waals surface area contributed by atoms with Crippen LogP contribution in [0.25, 0.3) is 0 Å². The number of nitrogens with zero attached hydrogens (tertiary/aromatic N) is 2. The lowest BCUT2D eigenvalue weighted by atomic mass is 9.99. The Hall–Kier alpha value is -2.56. The molecule has 5 heteroatoms. The number of ether oxygens (including phenoxy) is 1. The monoisotopic (exact) mass is 284 g/mol. The van der Waals surface area contributed by atoms with Crippen LogP contribution >= 0.6 is 0 Å². The van der Waals surface area contributed by atoms with E-state index in [1.165, 1.54) is 7.11 Å². The molecule has 0 spiro atoms. The standard InChI is InChI=1S/C16H16N2O3/c1-11-10-13(19)18-8-9-21-16(18)14(11)15(17-20-2)12-6-4-3-5-7-12/h3-7,10H,8-9H2,1-2H3. The Morgan fingerprint density at radius 1 is 1.33 bits per heavy atom. The van der Waals surface area contributed by atoms with Gasteiger partial charge in [-0.25, -0.2) is 0 Å². The average molecular weight is 284 g/mol. The summed E-state index contributed by atoms with van der Waals surface area (Å²) in [5.74, 6) is 0.569. The van der Waals surface area contributed by atoms with E-state index in [9.17, 15) is 4.79 Å². The third kappa shape index (κ3) is 2.31. The van der Waals surface area contributed by atoms with E-state index in [0.717, 1.165) is 16.7 Å². The van der Waals surface area contributed by atoms with Gasteiger partial charge in [-0.2, -0.15) is 0 Å². The van der Waals surface area contributed by atoms with Crippen LogP contribution in [0.4, 0.5) is 0 Å². The van der Waals surface area contributed by atoms with Crippen LogP contribution in [0.5, 0.6) is 5.88 Å². The summed E-state index contributed by atoms with van der Waals surface area (Å²) >= 11 is 0. The van der Waals surface area contributed by atoms with Crippen molar-refractivity contribution < 1.29 is 9.57 Å². The number of aryl methyl sites for hydroxylation is 1. The SMILES string of the molecule is CON=C(c1ccccc1)c1c(C)cc(=O)n2c1OCC2. The Balaban J connectivity index is 2.25. The molecule has 0 amide bonds. The van der Waals surface area contributed by atoms with Gasteiger partial charge in [0.2, 0.25) is 5.88 Å². The normalized spacial score (nSPS) is 13.7. The molecule has 0 unspecified atom stereocenters. The Morgan fingerprint density at radius 2 is 2.10 bits per heavy atom. The van der Waals surface area contributed by atoms with Gasteiger partial charge in [-0.15, -0.1) is 0 Å². The first kappa shape index (κ1) is 13.4. The van der Waals surface area contributed by atoms with Gasteiger partial charge in [-0.1, -0.05) is 35.5 Å². The molecule has 0 saturated carbocycles. The van der Waals surface area contributed by atoms with Crippen LogP contribution in [0.1, 0.15) is 16.7 Å². The van der Waals surface area contributed by atoms with Crippen molar-refractivity contribution in [2.24, 2.45) is 5.16 Å². The molecule has 0 atom stereocenters. The van der Waals surface area contributed by atoms with Crippen molar-refractivity contribution in [3.8, 4) is 5.88 Å². The van der Waals surface area contributed by atoms with Crippen LogP contribution in [0, 0.1) is 6.92 Å². The van der Waals surface area contributed by atoms with Gasteiger partial charge in [0, 0.05) is 11.6 Å². The zero-order valence-corrected chi connectivity index (χ0v) is 12.0. The first-order valence-corrected chi connectivity index (χ1v) is 6.76. The number of fused-ring (bicyclic) bond motifs is 1. The van der Waals surface area contributed by atoms with Crippen LogP contribution in [-0.4, -0.2) is 24.0 Å². The fraction of sp³-hybridized carbons (Fsp3) is 0.250. The second-order valence-electron chi connectivity index (χ2n) is 4.83. The van der Waals surface area contributed by atoms with Crippen molar-refractivity contribution in [3.05, 3.63) is 63.4 Å². The van der Waals surface area contributed by atoms with Crippen molar-refractivity contribution in [2.45, 2.75) is 13.5 Å². The summed E-state index contributed by atoms with van der Waals surface area (Å²) < 4.78 is 7.30. The highest BCUT2D eigenvalue weighted by atomic mass is 16.6. The van der Waals surface area contributed by atoms with E-state index >= 15 is 0 Å². The number of benzene rings is 1. The molecule has 3 rings (SSSR count). The van der Waals surface area contributed by atoms with E-state index in [1.807, 2.05) is 37.3 Å². The molecule has 1 aliphatic rings. The largest absolute Gasteiger partial charge is 0.476 e. The van der Waals surface area contributed by atoms with Crippen LogP contribution in [0.2, 0.25) is 0 Å². The number of hydrogen-bond donors (Lipinski definition) is 0. The fourth-order valence-corrected chi connectivity index (χ4v) is 2.55. The maximum atomic E-state index is 12.0. The van der Waals surface area contributed by atoms with E-state index in [0.29, 0.717) is 24.7 Å². The highest BCUT2D eigenvalue weighted by molar-refractivity contribution is 6.14. The Labute approximate surface area is 122 Å². The molecule has 0 bridgehead atoms. The molecule has 1 aromatic heterocycles. The average Bonchev–Trinajstić information content (AvgIpc) is 2.97. The highest BCUT2D eigenvalue weighted by Gasteiger charge is 2.24. The van der Waals surface area contributed by atoms with Crippen LogP contribution in [0.3, 0.4) is 0 Å². The van der Waals surface area contributed by atoms with Crippen molar-refractivity contribution in [3.63, 3.8) is 0 Å². The maximum absolute atomic E-state index is 12.0. The minimum Gasteiger partial charge on any atom is -0.476 e. The quantitative estimate of drug-likeness (QED) is 0.639. The van der Waals surface area contributed by atoms with E-state index in [4.69, 9.17) is 9.57 Å². The minimum absolute atomic E-state index is 0.0476. The molecule has 0 saturated heterocycles. The summed E-state index contributed by atoms with van der Waals surface area (Å²) in [7, 11) is 1.51. The van der Waals surface area contributed by atoms with Gasteiger partial charge in [-0.05, 0) is 12.5 Å². The maximum Gasteiger partial charge on any atom is 0.253 e. The molecule has 2 heterocycles. The van der Waals surface area contributed by atoms with Gasteiger partial charge in [0.05, 0.1) is 12.1 Å². The highest BCUT2D eigenvalue weighted by Crippen LogP contribution is 2.27. The Bertz CT molecular complexity index is 748. The molecule has 0 N–H and O–H groups in total. The molecule has 21 heavy (non-hydrogen) atoms. The van der Waals surface area contributed by atoms with Crippen molar-refractivity contribution in [1.29, 1.82) is 0 Å². The van der Waals surface area contributed by atoms with Gasteiger partial charge < -0.3 is 9.57 Å². The first-order valence-electron chi connectivity index (χ1n) is 6.76. The molecule has 1 aromatic carbocycles. The molecule has 5 nitrogen and oxygen atoms in total. The van der Waals surface area contributed by atoms with E-state index in [-0.39, 0.29) is 5.56 Å². The van der Waals surface area contributed by atoms with Gasteiger partial charge >= 0.3 is 0 Å². The number of aromatic nitrogens is 1. The van der Waals surface area contributed by atoms with Crippen molar-refractivity contribution in [2.75, 3.05) is 13.7 Å². The zero-order valence-electron chi connectivity index (χ0n) is 12.0. The fourth-order valence-electron chi connectivity index (χ4n) is 2.55. The summed E-state index contributed by atoms with van der Waals surface area (Å²) in [6, 6.07) is 11.3. The van der Waals surface area contributed by atoms with E-state index in [1.54, 1.807) is 10.6 Å². The molecule has 1 aliphatic heterocycles. The van der Waals surface area contributed by atoms with Gasteiger partial charge in [-0.3, -0.25) is 9.36 Å². The number of hydrogen-bond acceptors (Lipinski definition) is 4. The number of oxime groups is 1. The summed E-state index contributed by atoms with van der Waals surface area (Å²) in [6.45, 7) is 2.95. The van der Waals surface area contributed by atoms with Crippen LogP contribution in [-0.2, 0) is 11.4 Å². The van der Waals surface area contributed by atoms with Gasteiger partial charge in [0.25, 0.3) is 5.56 Å². The van der Waals surface area contributed by atoms with Crippen molar-refractivity contribution >= 4 is 5.71 Å². The number of pyridine rings is 1. The predicted molar refractivity (Wildman–Crippen MR) is 80.0 cm³/mol. The molecule has 2 aromatic rings. The molecule has 0 aliphatic carbocycles. The van der Waals surface area contributed by atoms with E-state index in [2.05, 4.69) is 5.16 Å². The minimum atomic E-state index is -0.0476. The number of rotatable bonds is 3. The summed E-state index contributed by atoms with van der Waals surface area (Å²) in [5, 5.41) is 4.15. The molecule has 0 radical (unpaired) electrons. The second kappa shape index (κ2) is 5.44. The molecular weight excluding hydrogens is 268 g/mol. The Morgan fingerprint density at radius 3 is 2.81 bits per heavy atom. The topological polar surface area (TPSA) is 52.8 Å². The van der Waals surface area contributed by atoms with Crippen LogP contribution in [0.15, 0.2) is 46.3 Å². The third-order valence-corrected chi connectivity index (χ3v) is 3.48. The summed E-state index contributed by atoms with van der Waals surface area (Å²) in [4.78, 5) is 17.0. The van der Waals surface area contributed by atoms with E-state index < -0.39 is 0 Å². The lowest BCUT2D eigenvalue weighted by Crippen LogP contribution is -2.20. The molecule has 0 fully saturated rings. The zero-order chi connectivity index (χ0) is 14.8. The summed E-state index contributed by atoms with van der Waals surface area (Å²) in [6.07, 6.45) is 0. The van der Waals surface area contributed by atoms with Crippen LogP contribution < -0.4 is 10.3 Å². The third-order valence-electron chi connectivity index (χ3n) is 3.48. The van der Waals surface area contributed by atoms with Gasteiger partial charge in [0.1, 0.15) is 19.4 Å². The first-order chi connectivity index (χ1) is 10.2. The predicted octanol–water partition coefficient (Wildman–Crippen LogP) is 1.95. The molecule has 108 valence electrons. The smallest absolute Gasteiger partial charge is 0.253 e. The van der Waals surface area contributed by atoms with Crippen molar-refractivity contribution in [1.82, 2.24) is 4.57 Å². The summed E-state index contributed by atoms with van der Waals surface area (Å²) in [5.41, 5.74) is 3.17. The lowest BCUT2D eigenvalue weighted by Gasteiger charge is -2.13. The molecular formula is C16H16N2O3. The van der Waals surface area contributed by atoms with Gasteiger partial charge in [0.15, 0.2) is 0 Å².